The van der Waals surface area contributed by atoms with Gasteiger partial charge in [0.2, 0.25) is 0 Å². The van der Waals surface area contributed by atoms with Crippen LogP contribution in [0.25, 0.3) is 0 Å². The molecular weight excluding hydrogens is 467 g/mol. The third-order valence-electron chi connectivity index (χ3n) is 2.41. The second kappa shape index (κ2) is 8.81. The minimum Gasteiger partial charge on any atom is -0.456 e. The maximum absolute atomic E-state index is 12.5. The third kappa shape index (κ3) is 6.48. The average molecular weight is 488 g/mol. The highest BCUT2D eigenvalue weighted by Crippen LogP contribution is 2.52. The number of phosphoric ester groups is 1. The van der Waals surface area contributed by atoms with Gasteiger partial charge >= 0.3 is 13.8 Å². The van der Waals surface area contributed by atoms with Gasteiger partial charge in [0.25, 0.3) is 0 Å². The first-order chi connectivity index (χ1) is 11.0. The highest BCUT2D eigenvalue weighted by atomic mass is 79.9. The summed E-state index contributed by atoms with van der Waals surface area (Å²) in [6.07, 6.45) is 0. The van der Waals surface area contributed by atoms with Crippen LogP contribution in [0.2, 0.25) is 0 Å². The van der Waals surface area contributed by atoms with E-state index >= 15 is 0 Å². The highest BCUT2D eigenvalue weighted by molar-refractivity contribution is 9.11. The molecule has 0 aliphatic carbocycles. The molecule has 24 heavy (non-hydrogen) atoms. The molecule has 0 spiro atoms. The molecule has 0 atom stereocenters. The lowest BCUT2D eigenvalue weighted by atomic mass is 10.1. The first kappa shape index (κ1) is 21.6. The second-order valence-electron chi connectivity index (χ2n) is 5.64. The topological polar surface area (TPSA) is 71.1 Å². The molecule has 0 saturated heterocycles. The summed E-state index contributed by atoms with van der Waals surface area (Å²) in [4.78, 5) is 12.2. The van der Waals surface area contributed by atoms with Gasteiger partial charge in [-0.3, -0.25) is 9.05 Å². The summed E-state index contributed by atoms with van der Waals surface area (Å²) in [6.45, 7) is 9.06. The van der Waals surface area contributed by atoms with Crippen LogP contribution >= 0.6 is 39.7 Å². The van der Waals surface area contributed by atoms with Crippen LogP contribution in [0.4, 0.5) is 0 Å². The molecule has 0 radical (unpaired) electrons. The summed E-state index contributed by atoms with van der Waals surface area (Å²) in [5.41, 5.74) is -0.288. The van der Waals surface area contributed by atoms with Crippen LogP contribution in [0.15, 0.2) is 21.1 Å². The van der Waals surface area contributed by atoms with E-state index in [4.69, 9.17) is 18.3 Å². The van der Waals surface area contributed by atoms with Gasteiger partial charge < -0.3 is 9.26 Å². The Morgan fingerprint density at radius 3 is 1.92 bits per heavy atom. The van der Waals surface area contributed by atoms with Gasteiger partial charge in [0.1, 0.15) is 5.60 Å². The van der Waals surface area contributed by atoms with Crippen molar-refractivity contribution in [1.29, 1.82) is 0 Å². The van der Waals surface area contributed by atoms with E-state index in [9.17, 15) is 9.36 Å². The largest absolute Gasteiger partial charge is 0.530 e. The Morgan fingerprint density at radius 2 is 1.54 bits per heavy atom. The lowest BCUT2D eigenvalue weighted by Crippen LogP contribution is -2.23. The average Bonchev–Trinajstić information content (AvgIpc) is 2.41. The zero-order chi connectivity index (χ0) is 18.5. The molecule has 0 N–H and O–H groups in total. The van der Waals surface area contributed by atoms with Crippen molar-refractivity contribution >= 4 is 45.7 Å². The molecule has 136 valence electrons. The third-order valence-corrected chi connectivity index (χ3v) is 5.14. The summed E-state index contributed by atoms with van der Waals surface area (Å²) in [5, 5.41) is 0. The van der Waals surface area contributed by atoms with Gasteiger partial charge in [0.05, 0.1) is 27.7 Å². The number of hydrogen-bond donors (Lipinski definition) is 0. The van der Waals surface area contributed by atoms with Gasteiger partial charge in [-0.1, -0.05) is 0 Å². The minimum absolute atomic E-state index is 0.169. The van der Waals surface area contributed by atoms with Crippen molar-refractivity contribution in [3.8, 4) is 5.75 Å². The normalized spacial score (nSPS) is 12.1. The van der Waals surface area contributed by atoms with Crippen LogP contribution < -0.4 is 4.52 Å². The Hall–Kier alpha value is -0.400. The van der Waals surface area contributed by atoms with Crippen LogP contribution in [0, 0.1) is 0 Å². The molecule has 1 rings (SSSR count). The first-order valence-electron chi connectivity index (χ1n) is 7.32. The summed E-state index contributed by atoms with van der Waals surface area (Å²) in [5.74, 6) is -0.263. The standard InChI is InChI=1S/C15H21Br2O6P/c1-6-20-24(19,21-7-2)23-13-11(16)8-10(9-12(13)17)14(18)22-15(3,4)5/h8-9H,6-7H2,1-5H3. The van der Waals surface area contributed by atoms with Crippen LogP contribution in [-0.4, -0.2) is 24.8 Å². The molecule has 0 bridgehead atoms. The van der Waals surface area contributed by atoms with Gasteiger partial charge in [-0.15, -0.1) is 0 Å². The fourth-order valence-electron chi connectivity index (χ4n) is 1.62. The number of carbonyl (C=O) groups excluding carboxylic acids is 1. The lowest BCUT2D eigenvalue weighted by molar-refractivity contribution is 0.00693. The summed E-state index contributed by atoms with van der Waals surface area (Å²) < 4.78 is 34.3. The van der Waals surface area contributed by atoms with Crippen molar-refractivity contribution in [2.45, 2.75) is 40.2 Å². The van der Waals surface area contributed by atoms with Crippen molar-refractivity contribution in [3.63, 3.8) is 0 Å². The zero-order valence-electron chi connectivity index (χ0n) is 14.2. The lowest BCUT2D eigenvalue weighted by Gasteiger charge is -2.21. The van der Waals surface area contributed by atoms with E-state index in [0.717, 1.165) is 0 Å². The number of hydrogen-bond acceptors (Lipinski definition) is 6. The Labute approximate surface area is 159 Å². The predicted molar refractivity (Wildman–Crippen MR) is 98.5 cm³/mol. The van der Waals surface area contributed by atoms with Gasteiger partial charge in [0.15, 0.2) is 5.75 Å². The summed E-state index contributed by atoms with van der Waals surface area (Å²) in [7, 11) is -3.74. The summed E-state index contributed by atoms with van der Waals surface area (Å²) >= 11 is 6.61. The van der Waals surface area contributed by atoms with Crippen molar-refractivity contribution in [3.05, 3.63) is 26.6 Å². The fourth-order valence-corrected chi connectivity index (χ4v) is 4.45. The molecule has 0 amide bonds. The number of phosphoric acid groups is 1. The predicted octanol–water partition coefficient (Wildman–Crippen LogP) is 5.73. The molecule has 1 aromatic carbocycles. The Bertz CT molecular complexity index is 608. The van der Waals surface area contributed by atoms with Crippen molar-refractivity contribution < 1.29 is 27.7 Å². The maximum Gasteiger partial charge on any atom is 0.530 e. The Kier molecular flexibility index (Phi) is 7.94. The van der Waals surface area contributed by atoms with Crippen molar-refractivity contribution in [2.75, 3.05) is 13.2 Å². The number of carbonyl (C=O) groups is 1. The molecule has 0 aromatic heterocycles. The van der Waals surface area contributed by atoms with Gasteiger partial charge in [-0.25, -0.2) is 9.36 Å². The van der Waals surface area contributed by atoms with E-state index in [0.29, 0.717) is 14.5 Å². The molecular formula is C15H21Br2O6P. The van der Waals surface area contributed by atoms with E-state index in [1.807, 2.05) is 0 Å². The maximum atomic E-state index is 12.5. The van der Waals surface area contributed by atoms with E-state index in [1.54, 1.807) is 34.6 Å². The van der Waals surface area contributed by atoms with E-state index in [2.05, 4.69) is 31.9 Å². The van der Waals surface area contributed by atoms with E-state index in [-0.39, 0.29) is 19.0 Å². The molecule has 1 aromatic rings. The number of rotatable bonds is 7. The fraction of sp³-hybridized carbons (Fsp3) is 0.533. The Morgan fingerprint density at radius 1 is 1.08 bits per heavy atom. The summed E-state index contributed by atoms with van der Waals surface area (Å²) in [6, 6.07) is 3.05. The molecule has 0 aliphatic rings. The SMILES string of the molecule is CCOP(=O)(OCC)Oc1c(Br)cc(C(=O)OC(C)(C)C)cc1Br. The number of esters is 1. The number of benzene rings is 1. The molecule has 0 fully saturated rings. The zero-order valence-corrected chi connectivity index (χ0v) is 18.3. The van der Waals surface area contributed by atoms with Crippen LogP contribution in [0.5, 0.6) is 5.75 Å². The van der Waals surface area contributed by atoms with Gasteiger partial charge in [0, 0.05) is 0 Å². The molecule has 6 nitrogen and oxygen atoms in total. The molecule has 0 unspecified atom stereocenters. The smallest absolute Gasteiger partial charge is 0.456 e. The molecule has 0 aliphatic heterocycles. The van der Waals surface area contributed by atoms with E-state index < -0.39 is 19.4 Å². The van der Waals surface area contributed by atoms with Crippen LogP contribution in [0.3, 0.4) is 0 Å². The minimum atomic E-state index is -3.74. The molecule has 9 heteroatoms. The first-order valence-corrected chi connectivity index (χ1v) is 10.4. The number of ether oxygens (including phenoxy) is 1. The molecule has 0 heterocycles. The van der Waals surface area contributed by atoms with E-state index in [1.165, 1.54) is 12.1 Å². The second-order valence-corrected chi connectivity index (χ2v) is 8.95. The van der Waals surface area contributed by atoms with Crippen molar-refractivity contribution in [1.82, 2.24) is 0 Å². The Balaban J connectivity index is 3.12. The number of halogens is 2. The van der Waals surface area contributed by atoms with Gasteiger partial charge in [-0.05, 0) is 78.6 Å². The highest BCUT2D eigenvalue weighted by Gasteiger charge is 2.30. The van der Waals surface area contributed by atoms with Crippen molar-refractivity contribution in [2.24, 2.45) is 0 Å². The monoisotopic (exact) mass is 486 g/mol. The molecule has 0 saturated carbocycles. The quantitative estimate of drug-likeness (QED) is 0.361. The van der Waals surface area contributed by atoms with Gasteiger partial charge in [-0.2, -0.15) is 0 Å². The van der Waals surface area contributed by atoms with Crippen LogP contribution in [-0.2, 0) is 18.3 Å². The van der Waals surface area contributed by atoms with Crippen LogP contribution in [0.1, 0.15) is 45.0 Å².